The lowest BCUT2D eigenvalue weighted by atomic mass is 10.1. The van der Waals surface area contributed by atoms with Crippen molar-refractivity contribution in [3.05, 3.63) is 65.9 Å². The first kappa shape index (κ1) is 17.1. The first-order chi connectivity index (χ1) is 11.6. The maximum Gasteiger partial charge on any atom is 0.433 e. The van der Waals surface area contributed by atoms with Gasteiger partial charge in [0, 0.05) is 11.1 Å². The molecule has 130 valence electrons. The van der Waals surface area contributed by atoms with Crippen LogP contribution in [0.15, 0.2) is 54.6 Å². The second-order valence-corrected chi connectivity index (χ2v) is 5.27. The molecule has 0 aliphatic rings. The highest BCUT2D eigenvalue weighted by molar-refractivity contribution is 5.93. The molecule has 1 N–H and O–H groups in total. The van der Waals surface area contributed by atoms with Crippen molar-refractivity contribution in [1.82, 2.24) is 4.98 Å². The summed E-state index contributed by atoms with van der Waals surface area (Å²) in [6, 6.07) is 11.7. The fourth-order valence-corrected chi connectivity index (χ4v) is 2.33. The normalized spacial score (nSPS) is 12.4. The maximum atomic E-state index is 13.1. The van der Waals surface area contributed by atoms with E-state index in [4.69, 9.17) is 0 Å². The predicted molar refractivity (Wildman–Crippen MR) is 81.5 cm³/mol. The number of halogens is 6. The van der Waals surface area contributed by atoms with Crippen molar-refractivity contribution < 1.29 is 26.3 Å². The van der Waals surface area contributed by atoms with Gasteiger partial charge in [0.15, 0.2) is 0 Å². The lowest BCUT2D eigenvalue weighted by Crippen LogP contribution is -2.10. The van der Waals surface area contributed by atoms with Crippen LogP contribution in [0.25, 0.3) is 10.9 Å². The minimum atomic E-state index is -4.78. The SMILES string of the molecule is FC(F)(F)c1ccc2c(Nc3ccccc3)cc(C(F)(F)F)nc2c1. The van der Waals surface area contributed by atoms with Gasteiger partial charge >= 0.3 is 12.4 Å². The molecule has 0 bridgehead atoms. The highest BCUT2D eigenvalue weighted by atomic mass is 19.4. The molecule has 1 aromatic heterocycles. The summed E-state index contributed by atoms with van der Waals surface area (Å²) < 4.78 is 77.7. The summed E-state index contributed by atoms with van der Waals surface area (Å²) in [5, 5.41) is 2.95. The van der Waals surface area contributed by atoms with Crippen molar-refractivity contribution in [2.24, 2.45) is 0 Å². The largest absolute Gasteiger partial charge is 0.433 e. The zero-order valence-corrected chi connectivity index (χ0v) is 12.4. The number of benzene rings is 2. The van der Waals surface area contributed by atoms with Crippen LogP contribution in [0.2, 0.25) is 0 Å². The van der Waals surface area contributed by atoms with Gasteiger partial charge in [0.1, 0.15) is 5.69 Å². The fourth-order valence-electron chi connectivity index (χ4n) is 2.33. The van der Waals surface area contributed by atoms with Crippen LogP contribution in [0.3, 0.4) is 0 Å². The number of nitrogens with one attached hydrogen (secondary N) is 1. The lowest BCUT2D eigenvalue weighted by Gasteiger charge is -2.15. The Bertz CT molecular complexity index is 895. The van der Waals surface area contributed by atoms with Crippen LogP contribution in [0.5, 0.6) is 0 Å². The number of anilines is 2. The van der Waals surface area contributed by atoms with E-state index < -0.39 is 23.6 Å². The smallest absolute Gasteiger partial charge is 0.355 e. The zero-order valence-electron chi connectivity index (χ0n) is 12.4. The summed E-state index contributed by atoms with van der Waals surface area (Å²) in [5.41, 5.74) is -2.18. The van der Waals surface area contributed by atoms with Crippen LogP contribution in [0.1, 0.15) is 11.3 Å². The monoisotopic (exact) mass is 356 g/mol. The molecule has 8 heteroatoms. The number of rotatable bonds is 2. The van der Waals surface area contributed by atoms with Gasteiger partial charge in [0.25, 0.3) is 0 Å². The number of alkyl halides is 6. The fraction of sp³-hybridized carbons (Fsp3) is 0.118. The van der Waals surface area contributed by atoms with Crippen LogP contribution in [0, 0.1) is 0 Å². The summed E-state index contributed by atoms with van der Waals surface area (Å²) in [7, 11) is 0. The van der Waals surface area contributed by atoms with Gasteiger partial charge in [-0.15, -0.1) is 0 Å². The number of hydrogen-bond donors (Lipinski definition) is 1. The van der Waals surface area contributed by atoms with E-state index in [1.165, 1.54) is 0 Å². The Hall–Kier alpha value is -2.77. The van der Waals surface area contributed by atoms with Gasteiger partial charge in [0.05, 0.1) is 16.8 Å². The summed E-state index contributed by atoms with van der Waals surface area (Å²) in [5.74, 6) is 0. The van der Waals surface area contributed by atoms with E-state index in [1.54, 1.807) is 30.3 Å². The molecular formula is C17H10F6N2. The molecule has 0 spiro atoms. The van der Waals surface area contributed by atoms with Crippen molar-refractivity contribution in [1.29, 1.82) is 0 Å². The maximum absolute atomic E-state index is 13.1. The van der Waals surface area contributed by atoms with Crippen LogP contribution in [0.4, 0.5) is 37.7 Å². The second-order valence-electron chi connectivity index (χ2n) is 5.27. The average molecular weight is 356 g/mol. The molecule has 1 heterocycles. The van der Waals surface area contributed by atoms with Crippen LogP contribution in [-0.4, -0.2) is 4.98 Å². The number of para-hydroxylation sites is 1. The molecule has 0 aliphatic carbocycles. The molecule has 0 unspecified atom stereocenters. The number of pyridine rings is 1. The quantitative estimate of drug-likeness (QED) is 0.568. The zero-order chi connectivity index (χ0) is 18.2. The number of nitrogens with zero attached hydrogens (tertiary/aromatic N) is 1. The van der Waals surface area contributed by atoms with Crippen molar-refractivity contribution in [3.8, 4) is 0 Å². The second kappa shape index (κ2) is 5.94. The Morgan fingerprint density at radius 2 is 1.44 bits per heavy atom. The molecule has 2 aromatic carbocycles. The Balaban J connectivity index is 2.20. The highest BCUT2D eigenvalue weighted by Gasteiger charge is 2.35. The van der Waals surface area contributed by atoms with E-state index in [0.717, 1.165) is 18.2 Å². The van der Waals surface area contributed by atoms with Crippen molar-refractivity contribution in [2.75, 3.05) is 5.32 Å². The molecule has 0 saturated carbocycles. The van der Waals surface area contributed by atoms with Crippen LogP contribution >= 0.6 is 0 Å². The standard InChI is InChI=1S/C17H10F6N2/c18-16(19,20)10-6-7-12-13(8-10)25-15(17(21,22)23)9-14(12)24-11-4-2-1-3-5-11/h1-9H,(H,24,25). The topological polar surface area (TPSA) is 24.9 Å². The molecule has 0 amide bonds. The molecule has 0 aliphatic heterocycles. The van der Waals surface area contributed by atoms with Crippen molar-refractivity contribution in [2.45, 2.75) is 12.4 Å². The Labute approximate surface area is 138 Å². The minimum Gasteiger partial charge on any atom is -0.355 e. The van der Waals surface area contributed by atoms with E-state index in [1.807, 2.05) is 0 Å². The summed E-state index contributed by atoms with van der Waals surface area (Å²) >= 11 is 0. The third-order valence-corrected chi connectivity index (χ3v) is 3.48. The first-order valence-electron chi connectivity index (χ1n) is 7.06. The number of fused-ring (bicyclic) bond motifs is 1. The van der Waals surface area contributed by atoms with Crippen LogP contribution in [-0.2, 0) is 12.4 Å². The van der Waals surface area contributed by atoms with E-state index in [2.05, 4.69) is 10.3 Å². The Kier molecular flexibility index (Phi) is 4.06. The van der Waals surface area contributed by atoms with Crippen LogP contribution < -0.4 is 5.32 Å². The summed E-state index contributed by atoms with van der Waals surface area (Å²) in [4.78, 5) is 3.36. The molecule has 2 nitrogen and oxygen atoms in total. The van der Waals surface area contributed by atoms with Gasteiger partial charge < -0.3 is 5.32 Å². The van der Waals surface area contributed by atoms with E-state index >= 15 is 0 Å². The van der Waals surface area contributed by atoms with Crippen molar-refractivity contribution >= 4 is 22.3 Å². The lowest BCUT2D eigenvalue weighted by molar-refractivity contribution is -0.140. The minimum absolute atomic E-state index is 0.0252. The van der Waals surface area contributed by atoms with Gasteiger partial charge in [-0.2, -0.15) is 26.3 Å². The Morgan fingerprint density at radius 1 is 0.760 bits per heavy atom. The third kappa shape index (κ3) is 3.67. The predicted octanol–water partition coefficient (Wildman–Crippen LogP) is 6.02. The van der Waals surface area contributed by atoms with E-state index in [-0.39, 0.29) is 16.6 Å². The van der Waals surface area contributed by atoms with Gasteiger partial charge in [-0.1, -0.05) is 24.3 Å². The van der Waals surface area contributed by atoms with Gasteiger partial charge in [-0.05, 0) is 30.3 Å². The molecule has 0 fully saturated rings. The molecule has 25 heavy (non-hydrogen) atoms. The van der Waals surface area contributed by atoms with Gasteiger partial charge in [0.2, 0.25) is 0 Å². The number of hydrogen-bond acceptors (Lipinski definition) is 2. The van der Waals surface area contributed by atoms with Gasteiger partial charge in [-0.3, -0.25) is 0 Å². The molecular weight excluding hydrogens is 346 g/mol. The molecule has 3 aromatic rings. The van der Waals surface area contributed by atoms with E-state index in [9.17, 15) is 26.3 Å². The molecule has 0 atom stereocenters. The molecule has 3 rings (SSSR count). The van der Waals surface area contributed by atoms with Gasteiger partial charge in [-0.25, -0.2) is 4.98 Å². The summed E-state index contributed by atoms with van der Waals surface area (Å²) in [6.45, 7) is 0. The number of aromatic nitrogens is 1. The first-order valence-corrected chi connectivity index (χ1v) is 7.06. The summed E-state index contributed by atoms with van der Waals surface area (Å²) in [6.07, 6.45) is -9.45. The van der Waals surface area contributed by atoms with E-state index in [0.29, 0.717) is 11.8 Å². The third-order valence-electron chi connectivity index (χ3n) is 3.48. The average Bonchev–Trinajstić information content (AvgIpc) is 2.53. The Morgan fingerprint density at radius 3 is 2.04 bits per heavy atom. The molecule has 0 radical (unpaired) electrons. The molecule has 0 saturated heterocycles. The van der Waals surface area contributed by atoms with Crippen molar-refractivity contribution in [3.63, 3.8) is 0 Å². The highest BCUT2D eigenvalue weighted by Crippen LogP contribution is 2.37.